The number of amides is 1. The number of nitro groups is 1. The number of aromatic nitrogens is 1. The van der Waals surface area contributed by atoms with Gasteiger partial charge in [-0.3, -0.25) is 14.9 Å². The highest BCUT2D eigenvalue weighted by Gasteiger charge is 2.15. The number of hydrogen-bond donors (Lipinski definition) is 1. The van der Waals surface area contributed by atoms with E-state index < -0.39 is 4.92 Å². The fourth-order valence-electron chi connectivity index (χ4n) is 2.82. The van der Waals surface area contributed by atoms with Crippen LogP contribution in [-0.2, 0) is 11.3 Å². The van der Waals surface area contributed by atoms with E-state index >= 15 is 0 Å². The monoisotopic (exact) mass is 342 g/mol. The first-order chi connectivity index (χ1) is 11.9. The summed E-state index contributed by atoms with van der Waals surface area (Å²) in [5.74, 6) is 0.319. The van der Waals surface area contributed by atoms with Crippen molar-refractivity contribution in [1.29, 1.82) is 0 Å². The molecule has 0 spiro atoms. The van der Waals surface area contributed by atoms with E-state index in [-0.39, 0.29) is 18.1 Å². The minimum Gasteiger partial charge on any atom is -0.320 e. The van der Waals surface area contributed by atoms with Crippen molar-refractivity contribution in [2.45, 2.75) is 46.1 Å². The van der Waals surface area contributed by atoms with E-state index in [0.29, 0.717) is 11.6 Å². The third kappa shape index (κ3) is 4.86. The molecule has 0 saturated heterocycles. The van der Waals surface area contributed by atoms with E-state index in [2.05, 4.69) is 19.2 Å². The lowest BCUT2D eigenvalue weighted by Crippen LogP contribution is -2.39. The Bertz CT molecular complexity index is 753. The zero-order valence-corrected chi connectivity index (χ0v) is 14.9. The molecule has 1 amide bonds. The first-order valence-electron chi connectivity index (χ1n) is 8.48. The van der Waals surface area contributed by atoms with E-state index in [0.717, 1.165) is 18.4 Å². The molecule has 25 heavy (non-hydrogen) atoms. The summed E-state index contributed by atoms with van der Waals surface area (Å²) in [7, 11) is 0. The number of aryl methyl sites for hydroxylation is 1. The Kier molecular flexibility index (Phi) is 6.22. The van der Waals surface area contributed by atoms with Crippen molar-refractivity contribution in [3.05, 3.63) is 64.0 Å². The lowest BCUT2D eigenvalue weighted by atomic mass is 9.95. The normalized spacial score (nSPS) is 10.7. The first-order valence-corrected chi connectivity index (χ1v) is 8.48. The quantitative estimate of drug-likeness (QED) is 0.473. The van der Waals surface area contributed by atoms with E-state index in [9.17, 15) is 14.9 Å². The number of non-ortho nitro benzene ring substituents is 1. The zero-order valence-electron chi connectivity index (χ0n) is 14.9. The van der Waals surface area contributed by atoms with Gasteiger partial charge in [0.2, 0.25) is 6.54 Å². The van der Waals surface area contributed by atoms with Crippen molar-refractivity contribution in [1.82, 2.24) is 0 Å². The van der Waals surface area contributed by atoms with Gasteiger partial charge in [-0.2, -0.15) is 4.57 Å². The fraction of sp³-hybridized carbons (Fsp3) is 0.368. The van der Waals surface area contributed by atoms with Crippen LogP contribution in [0.1, 0.15) is 43.7 Å². The zero-order chi connectivity index (χ0) is 18.4. The molecule has 2 aromatic rings. The number of nitro benzene ring substituents is 1. The minimum absolute atomic E-state index is 0.0388. The van der Waals surface area contributed by atoms with Gasteiger partial charge in [0.1, 0.15) is 0 Å². The third-order valence-corrected chi connectivity index (χ3v) is 4.41. The highest BCUT2D eigenvalue weighted by Crippen LogP contribution is 2.22. The number of benzene rings is 1. The van der Waals surface area contributed by atoms with Gasteiger partial charge < -0.3 is 5.32 Å². The Morgan fingerprint density at radius 2 is 1.84 bits per heavy atom. The van der Waals surface area contributed by atoms with Gasteiger partial charge in [-0.1, -0.05) is 19.9 Å². The van der Waals surface area contributed by atoms with Gasteiger partial charge >= 0.3 is 0 Å². The molecule has 1 aromatic heterocycles. The van der Waals surface area contributed by atoms with Crippen LogP contribution in [0, 0.1) is 17.0 Å². The summed E-state index contributed by atoms with van der Waals surface area (Å²) in [6.07, 6.45) is 5.97. The van der Waals surface area contributed by atoms with Crippen LogP contribution in [0.2, 0.25) is 0 Å². The lowest BCUT2D eigenvalue weighted by Gasteiger charge is -2.11. The third-order valence-electron chi connectivity index (χ3n) is 4.41. The van der Waals surface area contributed by atoms with Crippen molar-refractivity contribution >= 4 is 17.3 Å². The first kappa shape index (κ1) is 18.6. The van der Waals surface area contributed by atoms with Gasteiger partial charge in [0.25, 0.3) is 11.6 Å². The molecule has 132 valence electrons. The summed E-state index contributed by atoms with van der Waals surface area (Å²) >= 11 is 0. The van der Waals surface area contributed by atoms with Crippen LogP contribution < -0.4 is 9.88 Å². The molecular formula is C19H24N3O3+. The van der Waals surface area contributed by atoms with Gasteiger partial charge in [0.05, 0.1) is 10.6 Å². The maximum Gasteiger partial charge on any atom is 0.290 e. The van der Waals surface area contributed by atoms with Crippen LogP contribution in [0.3, 0.4) is 0 Å². The summed E-state index contributed by atoms with van der Waals surface area (Å²) in [5, 5.41) is 13.6. The Morgan fingerprint density at radius 1 is 1.20 bits per heavy atom. The van der Waals surface area contributed by atoms with E-state index in [4.69, 9.17) is 0 Å². The van der Waals surface area contributed by atoms with Crippen molar-refractivity contribution < 1.29 is 14.3 Å². The Balaban J connectivity index is 2.05. The molecule has 1 aromatic carbocycles. The molecule has 0 bridgehead atoms. The minimum atomic E-state index is -0.472. The molecular weight excluding hydrogens is 318 g/mol. The van der Waals surface area contributed by atoms with E-state index in [1.165, 1.54) is 17.7 Å². The maximum atomic E-state index is 12.2. The van der Waals surface area contributed by atoms with Crippen LogP contribution in [-0.4, -0.2) is 10.8 Å². The highest BCUT2D eigenvalue weighted by atomic mass is 16.6. The number of hydrogen-bond acceptors (Lipinski definition) is 3. The number of nitrogens with zero attached hydrogens (tertiary/aromatic N) is 2. The van der Waals surface area contributed by atoms with E-state index in [1.54, 1.807) is 17.6 Å². The Hall–Kier alpha value is -2.76. The number of pyridine rings is 1. The molecule has 6 nitrogen and oxygen atoms in total. The SMILES string of the molecule is CCC(CC)c1cc[n+](CC(=O)Nc2cc([N+](=O)[O-])ccc2C)cc1. The molecule has 1 heterocycles. The average molecular weight is 342 g/mol. The van der Waals surface area contributed by atoms with Gasteiger partial charge in [0.15, 0.2) is 12.4 Å². The molecule has 2 rings (SSSR count). The summed E-state index contributed by atoms with van der Waals surface area (Å²) in [5.41, 5.74) is 2.49. The largest absolute Gasteiger partial charge is 0.320 e. The molecule has 0 saturated carbocycles. The van der Waals surface area contributed by atoms with Gasteiger partial charge in [-0.25, -0.2) is 0 Å². The van der Waals surface area contributed by atoms with Crippen molar-refractivity contribution in [3.8, 4) is 0 Å². The molecule has 0 atom stereocenters. The second-order valence-corrected chi connectivity index (χ2v) is 6.12. The topological polar surface area (TPSA) is 76.1 Å². The van der Waals surface area contributed by atoms with Crippen LogP contribution in [0.4, 0.5) is 11.4 Å². The van der Waals surface area contributed by atoms with Crippen molar-refractivity contribution in [3.63, 3.8) is 0 Å². The average Bonchev–Trinajstić information content (AvgIpc) is 2.59. The predicted octanol–water partition coefficient (Wildman–Crippen LogP) is 3.73. The molecule has 0 aliphatic rings. The van der Waals surface area contributed by atoms with E-state index in [1.807, 2.05) is 24.5 Å². The van der Waals surface area contributed by atoms with Crippen LogP contribution in [0.15, 0.2) is 42.7 Å². The fourth-order valence-corrected chi connectivity index (χ4v) is 2.82. The molecule has 1 N–H and O–H groups in total. The second kappa shape index (κ2) is 8.37. The van der Waals surface area contributed by atoms with Gasteiger partial charge in [-0.05, 0) is 36.8 Å². The number of rotatable bonds is 7. The molecule has 0 aliphatic heterocycles. The molecule has 0 unspecified atom stereocenters. The highest BCUT2D eigenvalue weighted by molar-refractivity contribution is 5.90. The molecule has 0 radical (unpaired) electrons. The molecule has 0 fully saturated rings. The van der Waals surface area contributed by atoms with Crippen molar-refractivity contribution in [2.24, 2.45) is 0 Å². The van der Waals surface area contributed by atoms with Crippen LogP contribution in [0.25, 0.3) is 0 Å². The Morgan fingerprint density at radius 3 is 2.40 bits per heavy atom. The van der Waals surface area contributed by atoms with Gasteiger partial charge in [-0.15, -0.1) is 0 Å². The number of nitrogens with one attached hydrogen (secondary N) is 1. The van der Waals surface area contributed by atoms with Gasteiger partial charge in [0, 0.05) is 24.3 Å². The summed E-state index contributed by atoms with van der Waals surface area (Å²) in [6, 6.07) is 8.53. The standard InChI is InChI=1S/C19H23N3O3/c1-4-15(5-2)16-8-10-21(11-9-16)13-19(23)20-18-12-17(22(24)25)7-6-14(18)3/h6-12,15H,4-5,13H2,1-3H3/p+1. The maximum absolute atomic E-state index is 12.2. The second-order valence-electron chi connectivity index (χ2n) is 6.12. The van der Waals surface area contributed by atoms with Crippen LogP contribution in [0.5, 0.6) is 0 Å². The number of carbonyl (C=O) groups excluding carboxylic acids is 1. The number of carbonyl (C=O) groups is 1. The summed E-state index contributed by atoms with van der Waals surface area (Å²) < 4.78 is 1.80. The van der Waals surface area contributed by atoms with Crippen LogP contribution >= 0.6 is 0 Å². The lowest BCUT2D eigenvalue weighted by molar-refractivity contribution is -0.684. The Labute approximate surface area is 147 Å². The molecule has 6 heteroatoms. The van der Waals surface area contributed by atoms with Crippen molar-refractivity contribution in [2.75, 3.05) is 5.32 Å². The summed E-state index contributed by atoms with van der Waals surface area (Å²) in [6.45, 7) is 6.30. The molecule has 0 aliphatic carbocycles. The predicted molar refractivity (Wildman–Crippen MR) is 96.4 cm³/mol. The smallest absolute Gasteiger partial charge is 0.290 e. The summed E-state index contributed by atoms with van der Waals surface area (Å²) in [4.78, 5) is 22.6. The number of anilines is 1.